The topological polar surface area (TPSA) is 9.23 Å². The van der Waals surface area contributed by atoms with Crippen molar-refractivity contribution in [2.75, 3.05) is 0 Å². The van der Waals surface area contributed by atoms with E-state index in [-0.39, 0.29) is 6.10 Å². The van der Waals surface area contributed by atoms with E-state index in [2.05, 4.69) is 13.0 Å². The lowest BCUT2D eigenvalue weighted by atomic mass is 9.96. The first-order chi connectivity index (χ1) is 9.38. The Morgan fingerprint density at radius 1 is 1.15 bits per heavy atom. The fourth-order valence-electron chi connectivity index (χ4n) is 2.27. The zero-order valence-corrected chi connectivity index (χ0v) is 11.5. The van der Waals surface area contributed by atoms with Crippen LogP contribution in [0.5, 0.6) is 5.75 Å². The molecule has 0 spiro atoms. The van der Waals surface area contributed by atoms with Crippen LogP contribution in [0.3, 0.4) is 0 Å². The van der Waals surface area contributed by atoms with E-state index >= 15 is 0 Å². The maximum absolute atomic E-state index is 12.5. The molecule has 4 heteroatoms. The molecule has 0 radical (unpaired) electrons. The molecule has 0 aromatic heterocycles. The molecule has 1 aliphatic rings. The van der Waals surface area contributed by atoms with Gasteiger partial charge in [0.05, 0.1) is 5.56 Å². The molecule has 1 aromatic rings. The van der Waals surface area contributed by atoms with Crippen LogP contribution in [-0.4, -0.2) is 6.10 Å². The van der Waals surface area contributed by atoms with Crippen LogP contribution in [0.2, 0.25) is 0 Å². The first-order valence-corrected chi connectivity index (χ1v) is 6.58. The fourth-order valence-corrected chi connectivity index (χ4v) is 2.27. The minimum absolute atomic E-state index is 0.164. The molecule has 0 N–H and O–H groups in total. The van der Waals surface area contributed by atoms with E-state index in [4.69, 9.17) is 4.74 Å². The predicted octanol–water partition coefficient (Wildman–Crippen LogP) is 5.14. The van der Waals surface area contributed by atoms with Crippen LogP contribution in [0.1, 0.15) is 32.3 Å². The van der Waals surface area contributed by atoms with Gasteiger partial charge in [-0.2, -0.15) is 13.2 Å². The van der Waals surface area contributed by atoms with Gasteiger partial charge >= 0.3 is 6.18 Å². The molecule has 2 rings (SSSR count). The fraction of sp³-hybridized carbons (Fsp3) is 0.375. The van der Waals surface area contributed by atoms with Crippen molar-refractivity contribution in [1.29, 1.82) is 0 Å². The Morgan fingerprint density at radius 2 is 1.80 bits per heavy atom. The smallest absolute Gasteiger partial charge is 0.416 e. The van der Waals surface area contributed by atoms with Crippen LogP contribution in [-0.2, 0) is 6.18 Å². The third kappa shape index (κ3) is 3.44. The van der Waals surface area contributed by atoms with Gasteiger partial charge in [-0.15, -0.1) is 0 Å². The van der Waals surface area contributed by atoms with E-state index in [1.807, 2.05) is 13.0 Å². The lowest BCUT2D eigenvalue weighted by Crippen LogP contribution is -2.16. The van der Waals surface area contributed by atoms with Gasteiger partial charge in [0.1, 0.15) is 11.9 Å². The SMILES string of the molecule is CC1=C([C@@H](C)Oc2ccc(C(F)(F)F)cc2)C=CCC1. The summed E-state index contributed by atoms with van der Waals surface area (Å²) in [6, 6.07) is 4.81. The quantitative estimate of drug-likeness (QED) is 0.746. The average Bonchev–Trinajstić information content (AvgIpc) is 2.38. The van der Waals surface area contributed by atoms with Gasteiger partial charge in [-0.3, -0.25) is 0 Å². The molecular formula is C16H17F3O. The molecular weight excluding hydrogens is 265 g/mol. The minimum Gasteiger partial charge on any atom is -0.486 e. The molecule has 0 heterocycles. The first-order valence-electron chi connectivity index (χ1n) is 6.58. The van der Waals surface area contributed by atoms with Gasteiger partial charge < -0.3 is 4.74 Å². The van der Waals surface area contributed by atoms with Crippen molar-refractivity contribution in [3.8, 4) is 5.75 Å². The lowest BCUT2D eigenvalue weighted by Gasteiger charge is -2.21. The third-order valence-electron chi connectivity index (χ3n) is 3.41. The summed E-state index contributed by atoms with van der Waals surface area (Å²) >= 11 is 0. The Bertz CT molecular complexity index is 524. The monoisotopic (exact) mass is 282 g/mol. The van der Waals surface area contributed by atoms with Gasteiger partial charge in [0.15, 0.2) is 0 Å². The van der Waals surface area contributed by atoms with Gasteiger partial charge in [0.25, 0.3) is 0 Å². The number of halogens is 3. The molecule has 0 amide bonds. The summed E-state index contributed by atoms with van der Waals surface area (Å²) in [5.41, 5.74) is 1.72. The Labute approximate surface area is 116 Å². The van der Waals surface area contributed by atoms with Crippen LogP contribution in [0.4, 0.5) is 13.2 Å². The summed E-state index contributed by atoms with van der Waals surface area (Å²) in [6.07, 6.45) is 1.69. The van der Waals surface area contributed by atoms with Gasteiger partial charge in [-0.05, 0) is 56.5 Å². The summed E-state index contributed by atoms with van der Waals surface area (Å²) in [7, 11) is 0. The normalized spacial score (nSPS) is 17.2. The lowest BCUT2D eigenvalue weighted by molar-refractivity contribution is -0.137. The molecule has 0 unspecified atom stereocenters. The number of benzene rings is 1. The summed E-state index contributed by atoms with van der Waals surface area (Å²) in [5, 5.41) is 0. The molecule has 108 valence electrons. The van der Waals surface area contributed by atoms with Crippen molar-refractivity contribution in [3.05, 3.63) is 53.1 Å². The van der Waals surface area contributed by atoms with E-state index in [9.17, 15) is 13.2 Å². The van der Waals surface area contributed by atoms with E-state index in [0.29, 0.717) is 5.75 Å². The molecule has 0 bridgehead atoms. The number of hydrogen-bond donors (Lipinski definition) is 0. The standard InChI is InChI=1S/C16H17F3O/c1-11-5-3-4-6-15(11)12(2)20-14-9-7-13(8-10-14)16(17,18)19/h4,6-10,12H,3,5H2,1-2H3/t12-/m1/s1. The van der Waals surface area contributed by atoms with Gasteiger partial charge in [0, 0.05) is 0 Å². The summed E-state index contributed by atoms with van der Waals surface area (Å²) in [5.74, 6) is 0.449. The maximum atomic E-state index is 12.5. The summed E-state index contributed by atoms with van der Waals surface area (Å²) < 4.78 is 43.1. The van der Waals surface area contributed by atoms with Crippen LogP contribution >= 0.6 is 0 Å². The van der Waals surface area contributed by atoms with Crippen molar-refractivity contribution >= 4 is 0 Å². The van der Waals surface area contributed by atoms with Crippen molar-refractivity contribution in [2.45, 2.75) is 39.0 Å². The average molecular weight is 282 g/mol. The Kier molecular flexibility index (Phi) is 4.21. The highest BCUT2D eigenvalue weighted by Crippen LogP contribution is 2.31. The maximum Gasteiger partial charge on any atom is 0.416 e. The minimum atomic E-state index is -4.31. The second kappa shape index (κ2) is 5.73. The molecule has 1 atom stereocenters. The second-order valence-electron chi connectivity index (χ2n) is 4.96. The number of rotatable bonds is 3. The van der Waals surface area contributed by atoms with E-state index in [1.165, 1.54) is 17.7 Å². The summed E-state index contributed by atoms with van der Waals surface area (Å²) in [6.45, 7) is 3.97. The largest absolute Gasteiger partial charge is 0.486 e. The molecule has 20 heavy (non-hydrogen) atoms. The zero-order chi connectivity index (χ0) is 14.8. The Morgan fingerprint density at radius 3 is 2.35 bits per heavy atom. The highest BCUT2D eigenvalue weighted by molar-refractivity contribution is 5.34. The number of allylic oxidation sites excluding steroid dienone is 2. The third-order valence-corrected chi connectivity index (χ3v) is 3.41. The van der Waals surface area contributed by atoms with Crippen LogP contribution in [0.25, 0.3) is 0 Å². The molecule has 1 nitrogen and oxygen atoms in total. The number of hydrogen-bond acceptors (Lipinski definition) is 1. The Hall–Kier alpha value is -1.71. The van der Waals surface area contributed by atoms with Crippen molar-refractivity contribution in [1.82, 2.24) is 0 Å². The van der Waals surface area contributed by atoms with E-state index in [0.717, 1.165) is 30.5 Å². The molecule has 0 saturated carbocycles. The molecule has 1 aliphatic carbocycles. The molecule has 0 aliphatic heterocycles. The van der Waals surface area contributed by atoms with Gasteiger partial charge in [-0.1, -0.05) is 17.7 Å². The van der Waals surface area contributed by atoms with Crippen molar-refractivity contribution in [3.63, 3.8) is 0 Å². The highest BCUT2D eigenvalue weighted by atomic mass is 19.4. The first kappa shape index (κ1) is 14.7. The van der Waals surface area contributed by atoms with Gasteiger partial charge in [0.2, 0.25) is 0 Å². The molecule has 0 fully saturated rings. The van der Waals surface area contributed by atoms with Crippen LogP contribution in [0, 0.1) is 0 Å². The predicted molar refractivity (Wildman–Crippen MR) is 72.6 cm³/mol. The van der Waals surface area contributed by atoms with Crippen LogP contribution in [0.15, 0.2) is 47.6 Å². The highest BCUT2D eigenvalue weighted by Gasteiger charge is 2.30. The molecule has 1 aromatic carbocycles. The van der Waals surface area contributed by atoms with E-state index in [1.54, 1.807) is 0 Å². The summed E-state index contributed by atoms with van der Waals surface area (Å²) in [4.78, 5) is 0. The van der Waals surface area contributed by atoms with E-state index < -0.39 is 11.7 Å². The number of ether oxygens (including phenoxy) is 1. The van der Waals surface area contributed by atoms with Crippen LogP contribution < -0.4 is 4.74 Å². The second-order valence-corrected chi connectivity index (χ2v) is 4.96. The van der Waals surface area contributed by atoms with Crippen molar-refractivity contribution < 1.29 is 17.9 Å². The van der Waals surface area contributed by atoms with Gasteiger partial charge in [-0.25, -0.2) is 0 Å². The molecule has 0 saturated heterocycles. The number of alkyl halides is 3. The Balaban J connectivity index is 2.09. The van der Waals surface area contributed by atoms with Crippen molar-refractivity contribution in [2.24, 2.45) is 0 Å². The zero-order valence-electron chi connectivity index (χ0n) is 11.5.